The van der Waals surface area contributed by atoms with E-state index in [-0.39, 0.29) is 5.82 Å². The van der Waals surface area contributed by atoms with Crippen molar-refractivity contribution in [2.75, 3.05) is 0 Å². The third-order valence-electron chi connectivity index (χ3n) is 4.51. The molecule has 0 radical (unpaired) electrons. The van der Waals surface area contributed by atoms with Crippen LogP contribution < -0.4 is 0 Å². The third-order valence-corrected chi connectivity index (χ3v) is 4.51. The molecule has 3 rings (SSSR count). The molecule has 2 heterocycles. The average Bonchev–Trinajstić information content (AvgIpc) is 3.21. The molecule has 2 nitrogen and oxygen atoms in total. The van der Waals surface area contributed by atoms with Gasteiger partial charge in [-0.3, -0.25) is 9.97 Å². The zero-order chi connectivity index (χ0) is 15.0. The molecule has 0 amide bonds. The highest BCUT2D eigenvalue weighted by Gasteiger charge is 2.40. The van der Waals surface area contributed by atoms with Crippen molar-refractivity contribution in [3.8, 4) is 0 Å². The summed E-state index contributed by atoms with van der Waals surface area (Å²) in [5, 5.41) is 0. The third kappa shape index (κ3) is 3.12. The fourth-order valence-electron chi connectivity index (χ4n) is 2.95. The minimum Gasteiger partial charge on any atom is -0.261 e. The van der Waals surface area contributed by atoms with Crippen LogP contribution in [-0.4, -0.2) is 9.97 Å². The smallest absolute Gasteiger partial charge is 0.144 e. The molecule has 0 spiro atoms. The highest BCUT2D eigenvalue weighted by molar-refractivity contribution is 5.23. The summed E-state index contributed by atoms with van der Waals surface area (Å²) in [5.74, 6) is 1.39. The number of nitrogens with zero attached hydrogens (tertiary/aromatic N) is 2. The Labute approximate surface area is 125 Å². The van der Waals surface area contributed by atoms with E-state index in [1.165, 1.54) is 17.7 Å². The van der Waals surface area contributed by atoms with Crippen molar-refractivity contribution in [1.82, 2.24) is 9.97 Å². The van der Waals surface area contributed by atoms with Gasteiger partial charge < -0.3 is 0 Å². The molecule has 3 unspecified atom stereocenters. The second kappa shape index (κ2) is 5.55. The van der Waals surface area contributed by atoms with Crippen LogP contribution in [0.3, 0.4) is 0 Å². The maximum atomic E-state index is 13.6. The highest BCUT2D eigenvalue weighted by Crippen LogP contribution is 2.51. The Morgan fingerprint density at radius 3 is 2.71 bits per heavy atom. The lowest BCUT2D eigenvalue weighted by Gasteiger charge is -2.12. The quantitative estimate of drug-likeness (QED) is 0.824. The largest absolute Gasteiger partial charge is 0.261 e. The zero-order valence-corrected chi connectivity index (χ0v) is 12.8. The lowest BCUT2D eigenvalue weighted by molar-refractivity contribution is 0.578. The first kappa shape index (κ1) is 14.2. The lowest BCUT2D eigenvalue weighted by Crippen LogP contribution is -2.00. The second-order valence-corrected chi connectivity index (χ2v) is 6.34. The molecule has 0 bridgehead atoms. The van der Waals surface area contributed by atoms with Crippen molar-refractivity contribution < 1.29 is 4.39 Å². The molecule has 0 N–H and O–H groups in total. The predicted octanol–water partition coefficient (Wildman–Crippen LogP) is 4.53. The molecule has 3 heteroatoms. The molecule has 2 aromatic rings. The van der Waals surface area contributed by atoms with Gasteiger partial charge in [0.25, 0.3) is 0 Å². The Hall–Kier alpha value is -1.77. The number of rotatable bonds is 4. The molecule has 1 aliphatic rings. The van der Waals surface area contributed by atoms with E-state index in [0.717, 1.165) is 12.0 Å². The van der Waals surface area contributed by atoms with Gasteiger partial charge in [0, 0.05) is 24.0 Å². The SMILES string of the molecule is Cc1ccc(C2CC2CC(C)c2cnc(C)c(F)c2)nc1. The molecule has 0 aliphatic heterocycles. The summed E-state index contributed by atoms with van der Waals surface area (Å²) >= 11 is 0. The molecule has 1 saturated carbocycles. The fraction of sp³-hybridized carbons (Fsp3) is 0.444. The Morgan fingerprint density at radius 1 is 1.24 bits per heavy atom. The maximum Gasteiger partial charge on any atom is 0.144 e. The van der Waals surface area contributed by atoms with Crippen molar-refractivity contribution in [2.24, 2.45) is 5.92 Å². The monoisotopic (exact) mass is 284 g/mol. The standard InChI is InChI=1S/C18H21FN2/c1-11-4-5-18(21-9-11)16-7-14(16)6-12(2)15-8-17(19)13(3)20-10-15/h4-5,8-10,12,14,16H,6-7H2,1-3H3. The second-order valence-electron chi connectivity index (χ2n) is 6.34. The van der Waals surface area contributed by atoms with Gasteiger partial charge in [-0.05, 0) is 61.8 Å². The first-order valence-electron chi connectivity index (χ1n) is 7.59. The summed E-state index contributed by atoms with van der Waals surface area (Å²) in [4.78, 5) is 8.65. The van der Waals surface area contributed by atoms with Gasteiger partial charge >= 0.3 is 0 Å². The molecular weight excluding hydrogens is 263 g/mol. The summed E-state index contributed by atoms with van der Waals surface area (Å²) in [6.07, 6.45) is 6.02. The number of halogens is 1. The maximum absolute atomic E-state index is 13.6. The van der Waals surface area contributed by atoms with E-state index in [0.29, 0.717) is 23.4 Å². The van der Waals surface area contributed by atoms with Crippen molar-refractivity contribution in [3.63, 3.8) is 0 Å². The summed E-state index contributed by atoms with van der Waals surface area (Å²) in [5.41, 5.74) is 3.87. The molecule has 3 atom stereocenters. The van der Waals surface area contributed by atoms with Crippen LogP contribution in [0.25, 0.3) is 0 Å². The van der Waals surface area contributed by atoms with Crippen molar-refractivity contribution in [1.29, 1.82) is 0 Å². The van der Waals surface area contributed by atoms with Gasteiger partial charge in [-0.1, -0.05) is 13.0 Å². The first-order valence-corrected chi connectivity index (χ1v) is 7.59. The van der Waals surface area contributed by atoms with Crippen molar-refractivity contribution in [2.45, 2.75) is 45.4 Å². The molecule has 21 heavy (non-hydrogen) atoms. The van der Waals surface area contributed by atoms with E-state index in [9.17, 15) is 4.39 Å². The van der Waals surface area contributed by atoms with Crippen LogP contribution in [0.4, 0.5) is 4.39 Å². The van der Waals surface area contributed by atoms with Crippen LogP contribution in [0.2, 0.25) is 0 Å². The number of pyridine rings is 2. The minimum absolute atomic E-state index is 0.202. The fourth-order valence-corrected chi connectivity index (χ4v) is 2.95. The van der Waals surface area contributed by atoms with Crippen LogP contribution >= 0.6 is 0 Å². The minimum atomic E-state index is -0.202. The van der Waals surface area contributed by atoms with Gasteiger partial charge in [-0.25, -0.2) is 4.39 Å². The summed E-state index contributed by atoms with van der Waals surface area (Å²) in [6, 6.07) is 5.90. The highest BCUT2D eigenvalue weighted by atomic mass is 19.1. The van der Waals surface area contributed by atoms with Gasteiger partial charge in [0.15, 0.2) is 0 Å². The summed E-state index contributed by atoms with van der Waals surface area (Å²) in [6.45, 7) is 5.91. The van der Waals surface area contributed by atoms with Crippen LogP contribution in [0.1, 0.15) is 54.1 Å². The summed E-state index contributed by atoms with van der Waals surface area (Å²) in [7, 11) is 0. The van der Waals surface area contributed by atoms with Gasteiger partial charge in [0.1, 0.15) is 5.82 Å². The van der Waals surface area contributed by atoms with Gasteiger partial charge in [-0.15, -0.1) is 0 Å². The lowest BCUT2D eigenvalue weighted by atomic mass is 9.95. The van der Waals surface area contributed by atoms with Crippen LogP contribution in [0.15, 0.2) is 30.6 Å². The van der Waals surface area contributed by atoms with Crippen LogP contribution in [0.5, 0.6) is 0 Å². The van der Waals surface area contributed by atoms with Crippen LogP contribution in [-0.2, 0) is 0 Å². The zero-order valence-electron chi connectivity index (χ0n) is 12.8. The van der Waals surface area contributed by atoms with Gasteiger partial charge in [0.2, 0.25) is 0 Å². The van der Waals surface area contributed by atoms with E-state index in [4.69, 9.17) is 0 Å². The molecule has 1 aliphatic carbocycles. The topological polar surface area (TPSA) is 25.8 Å². The Balaban J connectivity index is 1.63. The number of aromatic nitrogens is 2. The molecule has 0 aromatic carbocycles. The first-order chi connectivity index (χ1) is 10.0. The summed E-state index contributed by atoms with van der Waals surface area (Å²) < 4.78 is 13.6. The molecule has 2 aromatic heterocycles. The predicted molar refractivity (Wildman–Crippen MR) is 81.8 cm³/mol. The van der Waals surface area contributed by atoms with Gasteiger partial charge in [-0.2, -0.15) is 0 Å². The van der Waals surface area contributed by atoms with Gasteiger partial charge in [0.05, 0.1) is 5.69 Å². The Kier molecular flexibility index (Phi) is 3.75. The van der Waals surface area contributed by atoms with E-state index < -0.39 is 0 Å². The van der Waals surface area contributed by atoms with E-state index in [2.05, 4.69) is 35.9 Å². The number of aryl methyl sites for hydroxylation is 2. The molecular formula is C18H21FN2. The van der Waals surface area contributed by atoms with Crippen molar-refractivity contribution in [3.05, 3.63) is 58.9 Å². The normalized spacial score (nSPS) is 22.1. The number of hydrogen-bond donors (Lipinski definition) is 0. The van der Waals surface area contributed by atoms with E-state index in [1.54, 1.807) is 13.0 Å². The van der Waals surface area contributed by atoms with Crippen molar-refractivity contribution >= 4 is 0 Å². The molecule has 0 saturated heterocycles. The van der Waals surface area contributed by atoms with E-state index in [1.807, 2.05) is 12.4 Å². The average molecular weight is 284 g/mol. The van der Waals surface area contributed by atoms with Crippen LogP contribution in [0, 0.1) is 25.6 Å². The molecule has 110 valence electrons. The molecule has 1 fully saturated rings. The Morgan fingerprint density at radius 2 is 2.05 bits per heavy atom. The Bertz CT molecular complexity index is 636. The number of hydrogen-bond acceptors (Lipinski definition) is 2. The van der Waals surface area contributed by atoms with E-state index >= 15 is 0 Å².